The number of carbonyl (C=O) groups is 1. The number of ether oxygens (including phenoxy) is 1. The van der Waals surface area contributed by atoms with Gasteiger partial charge in [-0.1, -0.05) is 13.8 Å². The maximum absolute atomic E-state index is 13.0. The lowest BCUT2D eigenvalue weighted by molar-refractivity contribution is -0.162. The van der Waals surface area contributed by atoms with Gasteiger partial charge in [0, 0.05) is 0 Å². The highest BCUT2D eigenvalue weighted by molar-refractivity contribution is 5.75. The fourth-order valence-corrected chi connectivity index (χ4v) is 0.630. The van der Waals surface area contributed by atoms with Gasteiger partial charge in [0.05, 0.1) is 0 Å². The molecular weight excluding hydrogens is 159 g/mol. The van der Waals surface area contributed by atoms with Crippen LogP contribution in [-0.2, 0) is 9.53 Å². The Bertz CT molecular complexity index is 158. The van der Waals surface area contributed by atoms with Crippen molar-refractivity contribution in [3.8, 4) is 0 Å². The number of hydrogen-bond acceptors (Lipinski definition) is 2. The zero-order valence-corrected chi connectivity index (χ0v) is 8.35. The molecule has 0 saturated heterocycles. The fourth-order valence-electron chi connectivity index (χ4n) is 0.630. The van der Waals surface area contributed by atoms with E-state index in [1.54, 1.807) is 34.6 Å². The standard InChI is InChI=1S/C9H17FO2/c1-6(2)7(10)8(11)12-9(3,4)5/h6-7H,1-5H3. The van der Waals surface area contributed by atoms with Gasteiger partial charge < -0.3 is 4.74 Å². The Balaban J connectivity index is 4.05. The Morgan fingerprint density at radius 2 is 1.75 bits per heavy atom. The summed E-state index contributed by atoms with van der Waals surface area (Å²) in [5, 5.41) is 0. The molecule has 0 aromatic carbocycles. The van der Waals surface area contributed by atoms with Crippen molar-refractivity contribution in [1.82, 2.24) is 0 Å². The molecule has 0 bridgehead atoms. The summed E-state index contributed by atoms with van der Waals surface area (Å²) in [4.78, 5) is 11.0. The first-order chi connectivity index (χ1) is 5.24. The number of halogens is 1. The molecule has 3 heteroatoms. The molecule has 72 valence electrons. The van der Waals surface area contributed by atoms with Crippen molar-refractivity contribution < 1.29 is 13.9 Å². The molecule has 0 aliphatic carbocycles. The van der Waals surface area contributed by atoms with Crippen LogP contribution in [-0.4, -0.2) is 17.7 Å². The van der Waals surface area contributed by atoms with Gasteiger partial charge in [-0.25, -0.2) is 9.18 Å². The largest absolute Gasteiger partial charge is 0.458 e. The number of carbonyl (C=O) groups excluding carboxylic acids is 1. The van der Waals surface area contributed by atoms with Crippen LogP contribution in [0.2, 0.25) is 0 Å². The minimum atomic E-state index is -1.51. The van der Waals surface area contributed by atoms with Crippen molar-refractivity contribution in [2.45, 2.75) is 46.4 Å². The van der Waals surface area contributed by atoms with E-state index in [0.717, 1.165) is 0 Å². The second-order valence-electron chi connectivity index (χ2n) is 4.18. The fraction of sp³-hybridized carbons (Fsp3) is 0.889. The van der Waals surface area contributed by atoms with Crippen molar-refractivity contribution in [2.24, 2.45) is 5.92 Å². The van der Waals surface area contributed by atoms with Crippen LogP contribution in [0.1, 0.15) is 34.6 Å². The van der Waals surface area contributed by atoms with Crippen LogP contribution in [0.15, 0.2) is 0 Å². The van der Waals surface area contributed by atoms with E-state index in [-0.39, 0.29) is 5.92 Å². The van der Waals surface area contributed by atoms with Gasteiger partial charge in [0.1, 0.15) is 5.60 Å². The van der Waals surface area contributed by atoms with Crippen molar-refractivity contribution in [1.29, 1.82) is 0 Å². The van der Waals surface area contributed by atoms with Crippen molar-refractivity contribution in [2.75, 3.05) is 0 Å². The van der Waals surface area contributed by atoms with Crippen LogP contribution < -0.4 is 0 Å². The molecule has 0 aliphatic rings. The molecule has 0 N–H and O–H groups in total. The van der Waals surface area contributed by atoms with E-state index >= 15 is 0 Å². The third kappa shape index (κ3) is 4.31. The van der Waals surface area contributed by atoms with E-state index in [4.69, 9.17) is 4.74 Å². The monoisotopic (exact) mass is 176 g/mol. The highest BCUT2D eigenvalue weighted by Gasteiger charge is 2.26. The highest BCUT2D eigenvalue weighted by atomic mass is 19.1. The molecule has 0 spiro atoms. The van der Waals surface area contributed by atoms with Gasteiger partial charge >= 0.3 is 5.97 Å². The summed E-state index contributed by atoms with van der Waals surface area (Å²) in [5.74, 6) is -1.09. The highest BCUT2D eigenvalue weighted by Crippen LogP contribution is 2.14. The summed E-state index contributed by atoms with van der Waals surface area (Å²) in [5.41, 5.74) is -0.601. The molecule has 0 aromatic heterocycles. The van der Waals surface area contributed by atoms with E-state index in [1.807, 2.05) is 0 Å². The molecule has 1 atom stereocenters. The maximum atomic E-state index is 13.0. The maximum Gasteiger partial charge on any atom is 0.341 e. The first kappa shape index (κ1) is 11.4. The van der Waals surface area contributed by atoms with Crippen molar-refractivity contribution in [3.63, 3.8) is 0 Å². The third-order valence-electron chi connectivity index (χ3n) is 1.22. The molecule has 0 aliphatic heterocycles. The summed E-state index contributed by atoms with van der Waals surface area (Å²) >= 11 is 0. The molecule has 0 amide bonds. The first-order valence-corrected chi connectivity index (χ1v) is 4.11. The number of esters is 1. The van der Waals surface area contributed by atoms with Crippen molar-refractivity contribution in [3.05, 3.63) is 0 Å². The predicted molar refractivity (Wildman–Crippen MR) is 45.6 cm³/mol. The van der Waals surface area contributed by atoms with Crippen molar-refractivity contribution >= 4 is 5.97 Å². The van der Waals surface area contributed by atoms with E-state index < -0.39 is 17.7 Å². The predicted octanol–water partition coefficient (Wildman–Crippen LogP) is 2.32. The van der Waals surface area contributed by atoms with E-state index in [9.17, 15) is 9.18 Å². The summed E-state index contributed by atoms with van der Waals surface area (Å²) in [6.45, 7) is 8.46. The second-order valence-corrected chi connectivity index (χ2v) is 4.18. The Morgan fingerprint density at radius 1 is 1.33 bits per heavy atom. The van der Waals surface area contributed by atoms with Crippen LogP contribution in [0.4, 0.5) is 4.39 Å². The van der Waals surface area contributed by atoms with E-state index in [1.165, 1.54) is 0 Å². The molecule has 0 heterocycles. The van der Waals surface area contributed by atoms with E-state index in [0.29, 0.717) is 0 Å². The molecular formula is C9H17FO2. The molecule has 2 nitrogen and oxygen atoms in total. The Labute approximate surface area is 73.1 Å². The second kappa shape index (κ2) is 3.87. The average molecular weight is 176 g/mol. The summed E-state index contributed by atoms with van der Waals surface area (Å²) in [7, 11) is 0. The lowest BCUT2D eigenvalue weighted by Gasteiger charge is -2.21. The molecule has 0 fully saturated rings. The Morgan fingerprint density at radius 3 is 2.00 bits per heavy atom. The SMILES string of the molecule is CC(C)C(F)C(=O)OC(C)(C)C. The lowest BCUT2D eigenvalue weighted by Crippen LogP contribution is -2.32. The van der Waals surface area contributed by atoms with E-state index in [2.05, 4.69) is 0 Å². The first-order valence-electron chi connectivity index (χ1n) is 4.11. The van der Waals surface area contributed by atoms with Gasteiger partial charge in [-0.15, -0.1) is 0 Å². The van der Waals surface area contributed by atoms with Crippen LogP contribution in [0.25, 0.3) is 0 Å². The summed E-state index contributed by atoms with van der Waals surface area (Å²) in [6.07, 6.45) is -1.51. The Kier molecular flexibility index (Phi) is 3.68. The molecule has 12 heavy (non-hydrogen) atoms. The molecule has 0 aromatic rings. The minimum Gasteiger partial charge on any atom is -0.458 e. The van der Waals surface area contributed by atoms with Crippen LogP contribution in [0.5, 0.6) is 0 Å². The topological polar surface area (TPSA) is 26.3 Å². The van der Waals surface area contributed by atoms with Gasteiger partial charge in [0.2, 0.25) is 0 Å². The smallest absolute Gasteiger partial charge is 0.341 e. The Hall–Kier alpha value is -0.600. The van der Waals surface area contributed by atoms with Gasteiger partial charge in [-0.2, -0.15) is 0 Å². The number of hydrogen-bond donors (Lipinski definition) is 0. The minimum absolute atomic E-state index is 0.320. The van der Waals surface area contributed by atoms with Gasteiger partial charge in [0.25, 0.3) is 0 Å². The zero-order valence-electron chi connectivity index (χ0n) is 8.35. The normalized spacial score (nSPS) is 14.6. The van der Waals surface area contributed by atoms with Gasteiger partial charge in [-0.3, -0.25) is 0 Å². The third-order valence-corrected chi connectivity index (χ3v) is 1.22. The molecule has 0 saturated carbocycles. The van der Waals surface area contributed by atoms with Gasteiger partial charge in [0.15, 0.2) is 6.17 Å². The summed E-state index contributed by atoms with van der Waals surface area (Å²) < 4.78 is 17.8. The van der Waals surface area contributed by atoms with Crippen LogP contribution in [0.3, 0.4) is 0 Å². The lowest BCUT2D eigenvalue weighted by atomic mass is 10.1. The summed E-state index contributed by atoms with van der Waals surface area (Å²) in [6, 6.07) is 0. The van der Waals surface area contributed by atoms with Crippen LogP contribution in [0, 0.1) is 5.92 Å². The molecule has 0 radical (unpaired) electrons. The molecule has 1 unspecified atom stereocenters. The average Bonchev–Trinajstić information content (AvgIpc) is 1.82. The molecule has 0 rings (SSSR count). The quantitative estimate of drug-likeness (QED) is 0.603. The van der Waals surface area contributed by atoms with Gasteiger partial charge in [-0.05, 0) is 26.7 Å². The van der Waals surface area contributed by atoms with Crippen LogP contribution >= 0.6 is 0 Å². The number of alkyl halides is 1. The zero-order chi connectivity index (χ0) is 9.94. The number of rotatable bonds is 2.